The van der Waals surface area contributed by atoms with Gasteiger partial charge in [0.15, 0.2) is 0 Å². The van der Waals surface area contributed by atoms with E-state index in [4.69, 9.17) is 10.5 Å². The van der Waals surface area contributed by atoms with Crippen LogP contribution in [0.4, 0.5) is 10.5 Å². The van der Waals surface area contributed by atoms with E-state index in [2.05, 4.69) is 5.32 Å². The number of β-lactam (4-membered cyclic amide) rings is 1. The molecule has 2 amide bonds. The number of carboxylic acid groups (broad SMARTS) is 1. The summed E-state index contributed by atoms with van der Waals surface area (Å²) in [5.74, 6) is -1.33. The van der Waals surface area contributed by atoms with Gasteiger partial charge in [0.25, 0.3) is 0 Å². The fourth-order valence-corrected chi connectivity index (χ4v) is 3.79. The fourth-order valence-electron chi connectivity index (χ4n) is 2.52. The van der Waals surface area contributed by atoms with Crippen LogP contribution in [-0.2, 0) is 14.3 Å². The molecule has 9 heteroatoms. The zero-order valence-corrected chi connectivity index (χ0v) is 13.3. The van der Waals surface area contributed by atoms with E-state index in [1.165, 1.54) is 11.8 Å². The molecule has 1 saturated heterocycles. The van der Waals surface area contributed by atoms with Crippen molar-refractivity contribution in [3.8, 4) is 0 Å². The number of nitrogens with zero attached hydrogens (tertiary/aromatic N) is 1. The normalized spacial score (nSPS) is 22.5. The van der Waals surface area contributed by atoms with Gasteiger partial charge < -0.3 is 15.6 Å². The smallest absolute Gasteiger partial charge is 0.411 e. The molecule has 8 nitrogen and oxygen atoms in total. The van der Waals surface area contributed by atoms with Gasteiger partial charge in [-0.25, -0.2) is 9.59 Å². The molecule has 0 spiro atoms. The van der Waals surface area contributed by atoms with Crippen LogP contribution in [0, 0.1) is 0 Å². The van der Waals surface area contributed by atoms with Gasteiger partial charge in [-0.3, -0.25) is 15.0 Å². The first-order valence-corrected chi connectivity index (χ1v) is 8.18. The van der Waals surface area contributed by atoms with Crippen molar-refractivity contribution < 1.29 is 24.2 Å². The highest BCUT2D eigenvalue weighted by Gasteiger charge is 2.51. The third-order valence-corrected chi connectivity index (χ3v) is 5.05. The van der Waals surface area contributed by atoms with E-state index in [9.17, 15) is 19.5 Å². The van der Waals surface area contributed by atoms with Gasteiger partial charge in [-0.05, 0) is 12.1 Å². The molecule has 2 heterocycles. The lowest BCUT2D eigenvalue weighted by atomic mass is 10.0. The van der Waals surface area contributed by atoms with Crippen molar-refractivity contribution in [2.75, 3.05) is 17.7 Å². The van der Waals surface area contributed by atoms with E-state index < -0.39 is 24.0 Å². The van der Waals surface area contributed by atoms with Crippen LogP contribution in [-0.4, -0.2) is 51.8 Å². The number of amides is 2. The Morgan fingerprint density at radius 2 is 2.08 bits per heavy atom. The Balaban J connectivity index is 1.68. The summed E-state index contributed by atoms with van der Waals surface area (Å²) in [5, 5.41) is 11.5. The fraction of sp³-hybridized carbons (Fsp3) is 0.267. The number of para-hydroxylation sites is 1. The molecule has 0 radical (unpaired) electrons. The van der Waals surface area contributed by atoms with Gasteiger partial charge >= 0.3 is 12.1 Å². The molecule has 24 heavy (non-hydrogen) atoms. The van der Waals surface area contributed by atoms with Crippen molar-refractivity contribution in [3.63, 3.8) is 0 Å². The summed E-state index contributed by atoms with van der Waals surface area (Å²) in [6.07, 6.45) is -0.697. The Labute approximate surface area is 141 Å². The minimum Gasteiger partial charge on any atom is -0.477 e. The number of carbonyl (C=O) groups is 3. The van der Waals surface area contributed by atoms with Crippen LogP contribution in [0.1, 0.15) is 0 Å². The van der Waals surface area contributed by atoms with Gasteiger partial charge in [0.2, 0.25) is 5.91 Å². The molecule has 126 valence electrons. The number of thioether (sulfide) groups is 1. The third-order valence-electron chi connectivity index (χ3n) is 3.69. The summed E-state index contributed by atoms with van der Waals surface area (Å²) in [5.41, 5.74) is 6.46. The second kappa shape index (κ2) is 6.54. The lowest BCUT2D eigenvalue weighted by Gasteiger charge is -2.47. The van der Waals surface area contributed by atoms with Crippen molar-refractivity contribution in [3.05, 3.63) is 41.6 Å². The zero-order chi connectivity index (χ0) is 17.3. The lowest BCUT2D eigenvalue weighted by Crippen LogP contribution is -2.68. The predicted octanol–water partition coefficient (Wildman–Crippen LogP) is 0.816. The number of hydrogen-bond donors (Lipinski definition) is 3. The Hall–Kier alpha value is -2.52. The van der Waals surface area contributed by atoms with E-state index in [1.807, 2.05) is 6.07 Å². The van der Waals surface area contributed by atoms with Crippen molar-refractivity contribution >= 4 is 35.4 Å². The molecule has 3 rings (SSSR count). The van der Waals surface area contributed by atoms with Gasteiger partial charge in [-0.2, -0.15) is 0 Å². The Kier molecular flexibility index (Phi) is 4.45. The first kappa shape index (κ1) is 16.3. The van der Waals surface area contributed by atoms with Crippen LogP contribution < -0.4 is 11.1 Å². The molecule has 4 N–H and O–H groups in total. The Morgan fingerprint density at radius 1 is 1.38 bits per heavy atom. The third kappa shape index (κ3) is 2.95. The topological polar surface area (TPSA) is 122 Å². The Bertz CT molecular complexity index is 721. The van der Waals surface area contributed by atoms with Gasteiger partial charge in [0, 0.05) is 17.0 Å². The van der Waals surface area contributed by atoms with Crippen LogP contribution in [0.2, 0.25) is 0 Å². The molecule has 0 bridgehead atoms. The maximum Gasteiger partial charge on any atom is 0.411 e. The summed E-state index contributed by atoms with van der Waals surface area (Å²) in [6, 6.07) is 8.04. The number of benzene rings is 1. The highest BCUT2D eigenvalue weighted by atomic mass is 32.2. The number of fused-ring (bicyclic) bond motifs is 1. The highest BCUT2D eigenvalue weighted by Crippen LogP contribution is 2.39. The number of nitrogens with two attached hydrogens (primary N) is 1. The number of carbonyl (C=O) groups excluding carboxylic acids is 2. The second-order valence-corrected chi connectivity index (χ2v) is 6.37. The summed E-state index contributed by atoms with van der Waals surface area (Å²) in [4.78, 5) is 36.2. The lowest BCUT2D eigenvalue weighted by molar-refractivity contribution is -0.148. The van der Waals surface area contributed by atoms with Crippen molar-refractivity contribution in [2.45, 2.75) is 11.4 Å². The zero-order valence-electron chi connectivity index (χ0n) is 12.5. The number of anilines is 1. The van der Waals surface area contributed by atoms with Gasteiger partial charge in [0.05, 0.1) is 0 Å². The van der Waals surface area contributed by atoms with E-state index in [-0.39, 0.29) is 17.7 Å². The maximum absolute atomic E-state index is 11.8. The summed E-state index contributed by atoms with van der Waals surface area (Å²) in [7, 11) is 0. The number of nitrogens with one attached hydrogen (secondary N) is 1. The minimum atomic E-state index is -1.23. The highest BCUT2D eigenvalue weighted by molar-refractivity contribution is 8.00. The van der Waals surface area contributed by atoms with Crippen molar-refractivity contribution in [1.82, 2.24) is 4.90 Å². The van der Waals surface area contributed by atoms with Crippen molar-refractivity contribution in [1.29, 1.82) is 0 Å². The van der Waals surface area contributed by atoms with Crippen molar-refractivity contribution in [2.24, 2.45) is 5.73 Å². The van der Waals surface area contributed by atoms with Gasteiger partial charge in [0.1, 0.15) is 23.7 Å². The number of ether oxygens (including phenoxy) is 1. The molecule has 2 aliphatic rings. The molecule has 1 fully saturated rings. The number of hydrogen-bond acceptors (Lipinski definition) is 6. The largest absolute Gasteiger partial charge is 0.477 e. The molecule has 1 aromatic carbocycles. The minimum absolute atomic E-state index is 0.141. The molecule has 0 aromatic heterocycles. The second-order valence-electron chi connectivity index (χ2n) is 5.26. The Morgan fingerprint density at radius 3 is 2.75 bits per heavy atom. The average molecular weight is 349 g/mol. The number of rotatable bonds is 4. The van der Waals surface area contributed by atoms with Crippen LogP contribution in [0.25, 0.3) is 0 Å². The van der Waals surface area contributed by atoms with E-state index in [0.717, 1.165) is 4.90 Å². The van der Waals surface area contributed by atoms with E-state index in [0.29, 0.717) is 17.0 Å². The molecular weight excluding hydrogens is 334 g/mol. The molecule has 2 aliphatic heterocycles. The predicted molar refractivity (Wildman–Crippen MR) is 87.1 cm³/mol. The van der Waals surface area contributed by atoms with Crippen LogP contribution in [0.15, 0.2) is 41.6 Å². The average Bonchev–Trinajstić information content (AvgIpc) is 2.59. The maximum atomic E-state index is 11.8. The monoisotopic (exact) mass is 349 g/mol. The molecular formula is C15H15N3O5S. The van der Waals surface area contributed by atoms with E-state index >= 15 is 0 Å². The van der Waals surface area contributed by atoms with Gasteiger partial charge in [-0.15, -0.1) is 11.8 Å². The SMILES string of the molecule is NC1C(=O)N2C(C(=O)O)=C(COC(=O)Nc3ccccc3)CS[C@H]12. The van der Waals surface area contributed by atoms with Crippen LogP contribution >= 0.6 is 11.8 Å². The summed E-state index contributed by atoms with van der Waals surface area (Å²) in [6.45, 7) is -0.209. The summed E-state index contributed by atoms with van der Waals surface area (Å²) >= 11 is 1.36. The van der Waals surface area contributed by atoms with Crippen LogP contribution in [0.5, 0.6) is 0 Å². The molecule has 0 saturated carbocycles. The molecule has 1 unspecified atom stereocenters. The molecule has 2 atom stereocenters. The quantitative estimate of drug-likeness (QED) is 0.688. The first-order valence-electron chi connectivity index (χ1n) is 7.13. The molecule has 0 aliphatic carbocycles. The summed E-state index contributed by atoms with van der Waals surface area (Å²) < 4.78 is 5.08. The first-order chi connectivity index (χ1) is 11.5. The van der Waals surface area contributed by atoms with E-state index in [1.54, 1.807) is 24.3 Å². The standard InChI is InChI=1S/C15H15N3O5S/c16-10-12(19)18-11(14(20)21)8(7-24-13(10)18)6-23-15(22)17-9-4-2-1-3-5-9/h1-5,10,13H,6-7,16H2,(H,17,22)(H,20,21)/t10?,13-/m1/s1. The number of carboxylic acids is 1. The number of aliphatic carboxylic acids is 1. The van der Waals surface area contributed by atoms with Gasteiger partial charge in [-0.1, -0.05) is 18.2 Å². The van der Waals surface area contributed by atoms with Crippen LogP contribution in [0.3, 0.4) is 0 Å². The molecule has 1 aromatic rings.